The molecule has 11 nitrogen and oxygen atoms in total. The van der Waals surface area contributed by atoms with Crippen molar-refractivity contribution >= 4 is 16.8 Å². The van der Waals surface area contributed by atoms with E-state index in [-0.39, 0.29) is 0 Å². The lowest BCUT2D eigenvalue weighted by Gasteiger charge is -2.16. The van der Waals surface area contributed by atoms with Gasteiger partial charge in [-0.3, -0.25) is 4.57 Å². The average Bonchev–Trinajstić information content (AvgIpc) is 3.17. The third-order valence-electron chi connectivity index (χ3n) is 3.55. The second-order valence-corrected chi connectivity index (χ2v) is 4.74. The second-order valence-electron chi connectivity index (χ2n) is 4.74. The average molecular weight is 293 g/mol. The predicted octanol–water partition coefficient (Wildman–Crippen LogP) is -2.52. The van der Waals surface area contributed by atoms with Gasteiger partial charge in [0, 0.05) is 0 Å². The monoisotopic (exact) mass is 293 g/mol. The van der Waals surface area contributed by atoms with Crippen molar-refractivity contribution in [2.45, 2.75) is 24.5 Å². The summed E-state index contributed by atoms with van der Waals surface area (Å²) in [6.45, 7) is -0.396. The van der Waals surface area contributed by atoms with Gasteiger partial charge in [0.05, 0.1) is 12.9 Å². The van der Waals surface area contributed by atoms with Crippen LogP contribution in [-0.4, -0.2) is 74.8 Å². The fourth-order valence-corrected chi connectivity index (χ4v) is 2.47. The number of aliphatic hydroxyl groups is 3. The summed E-state index contributed by atoms with van der Waals surface area (Å²) in [5, 5.41) is 40.1. The van der Waals surface area contributed by atoms with E-state index in [4.69, 9.17) is 9.84 Å². The van der Waals surface area contributed by atoms with Gasteiger partial charge in [0.15, 0.2) is 17.4 Å². The molecule has 3 aromatic heterocycles. The van der Waals surface area contributed by atoms with Gasteiger partial charge in [-0.1, -0.05) is 0 Å². The fraction of sp³-hybridized carbons (Fsp3) is 0.500. The maximum Gasteiger partial charge on any atom is 0.210 e. The highest BCUT2D eigenvalue weighted by Crippen LogP contribution is 2.31. The van der Waals surface area contributed by atoms with Gasteiger partial charge in [-0.15, -0.1) is 5.10 Å². The van der Waals surface area contributed by atoms with Crippen molar-refractivity contribution in [3.8, 4) is 0 Å². The summed E-state index contributed by atoms with van der Waals surface area (Å²) in [4.78, 5) is 8.36. The van der Waals surface area contributed by atoms with Crippen LogP contribution in [0, 0.1) is 0 Å². The Labute approximate surface area is 116 Å². The Morgan fingerprint density at radius 2 is 2.00 bits per heavy atom. The number of nitrogens with zero attached hydrogens (tertiary/aromatic N) is 7. The maximum atomic E-state index is 10.1. The van der Waals surface area contributed by atoms with Crippen LogP contribution in [0.1, 0.15) is 6.23 Å². The van der Waals surface area contributed by atoms with Crippen LogP contribution in [0.4, 0.5) is 0 Å². The van der Waals surface area contributed by atoms with Gasteiger partial charge >= 0.3 is 0 Å². The maximum absolute atomic E-state index is 10.1. The van der Waals surface area contributed by atoms with E-state index in [9.17, 15) is 10.2 Å². The molecule has 11 heteroatoms. The normalized spacial score (nSPS) is 29.7. The summed E-state index contributed by atoms with van der Waals surface area (Å²) in [7, 11) is 0. The summed E-state index contributed by atoms with van der Waals surface area (Å²) in [5.74, 6) is 0. The van der Waals surface area contributed by atoms with Gasteiger partial charge in [-0.05, 0) is 10.4 Å². The molecule has 110 valence electrons. The van der Waals surface area contributed by atoms with Gasteiger partial charge in [0.25, 0.3) is 0 Å². The summed E-state index contributed by atoms with van der Waals surface area (Å²) < 4.78 is 8.31. The molecule has 0 radical (unpaired) electrons. The molecule has 0 bridgehead atoms. The zero-order chi connectivity index (χ0) is 14.6. The van der Waals surface area contributed by atoms with Gasteiger partial charge in [-0.2, -0.15) is 4.52 Å². The highest BCUT2D eigenvalue weighted by Gasteiger charge is 2.44. The molecule has 4 rings (SSSR count). The van der Waals surface area contributed by atoms with E-state index in [1.165, 1.54) is 21.7 Å². The first kappa shape index (κ1) is 12.5. The Morgan fingerprint density at radius 1 is 1.14 bits per heavy atom. The first-order valence-electron chi connectivity index (χ1n) is 6.22. The molecule has 1 saturated heterocycles. The lowest BCUT2D eigenvalue weighted by Crippen LogP contribution is -2.33. The van der Waals surface area contributed by atoms with Crippen LogP contribution in [0.3, 0.4) is 0 Å². The SMILES string of the molecule is OC[C@H]1O[C@@H](n2cnc3c2ncn2nnnc32)[C@H](O)[C@@H]1O. The molecule has 0 saturated carbocycles. The van der Waals surface area contributed by atoms with Gasteiger partial charge in [-0.25, -0.2) is 9.97 Å². The van der Waals surface area contributed by atoms with Crippen molar-refractivity contribution in [3.05, 3.63) is 12.7 Å². The van der Waals surface area contributed by atoms with E-state index < -0.39 is 31.1 Å². The van der Waals surface area contributed by atoms with Crippen molar-refractivity contribution in [1.82, 2.24) is 34.6 Å². The lowest BCUT2D eigenvalue weighted by molar-refractivity contribution is -0.0511. The number of hydrogen-bond acceptors (Lipinski definition) is 9. The molecule has 1 aliphatic rings. The number of imidazole rings is 1. The minimum atomic E-state index is -1.20. The first-order valence-corrected chi connectivity index (χ1v) is 6.22. The molecule has 21 heavy (non-hydrogen) atoms. The standard InChI is InChI=1S/C10H11N7O4/c18-1-4-6(19)7(20)10(21-4)16-2-11-5-8(16)12-3-17-9(5)13-14-15-17/h2-4,6-7,10,18-20H,1H2/t4-,6-,7-,10-/m1/s1. The molecule has 3 aromatic rings. The fourth-order valence-electron chi connectivity index (χ4n) is 2.47. The van der Waals surface area contributed by atoms with Crippen molar-refractivity contribution in [3.63, 3.8) is 0 Å². The summed E-state index contributed by atoms with van der Waals surface area (Å²) in [6, 6.07) is 0. The van der Waals surface area contributed by atoms with E-state index >= 15 is 0 Å². The summed E-state index contributed by atoms with van der Waals surface area (Å²) in [5.41, 5.74) is 1.28. The topological polar surface area (TPSA) is 144 Å². The van der Waals surface area contributed by atoms with Crippen molar-refractivity contribution in [2.24, 2.45) is 0 Å². The number of tetrazole rings is 1. The van der Waals surface area contributed by atoms with E-state index in [0.717, 1.165) is 0 Å². The third kappa shape index (κ3) is 1.65. The Kier molecular flexibility index (Phi) is 2.62. The van der Waals surface area contributed by atoms with Crippen molar-refractivity contribution in [2.75, 3.05) is 6.61 Å². The molecule has 0 amide bonds. The molecule has 4 heterocycles. The minimum absolute atomic E-state index is 0.396. The number of ether oxygens (including phenoxy) is 1. The quantitative estimate of drug-likeness (QED) is 0.466. The molecular weight excluding hydrogens is 282 g/mol. The molecule has 3 N–H and O–H groups in total. The smallest absolute Gasteiger partial charge is 0.210 e. The van der Waals surface area contributed by atoms with Crippen LogP contribution < -0.4 is 0 Å². The minimum Gasteiger partial charge on any atom is -0.394 e. The number of aliphatic hydroxyl groups excluding tert-OH is 3. The van der Waals surface area contributed by atoms with Crippen LogP contribution in [0.15, 0.2) is 12.7 Å². The highest BCUT2D eigenvalue weighted by atomic mass is 16.6. The first-order chi connectivity index (χ1) is 10.2. The molecular formula is C10H11N7O4. The largest absolute Gasteiger partial charge is 0.394 e. The Morgan fingerprint density at radius 3 is 2.76 bits per heavy atom. The molecule has 0 unspecified atom stereocenters. The van der Waals surface area contributed by atoms with Gasteiger partial charge in [0.2, 0.25) is 5.65 Å². The van der Waals surface area contributed by atoms with E-state index in [0.29, 0.717) is 16.8 Å². The zero-order valence-corrected chi connectivity index (χ0v) is 10.6. The molecule has 0 aliphatic carbocycles. The summed E-state index contributed by atoms with van der Waals surface area (Å²) >= 11 is 0. The van der Waals surface area contributed by atoms with Gasteiger partial charge < -0.3 is 20.1 Å². The van der Waals surface area contributed by atoms with Gasteiger partial charge in [0.1, 0.15) is 24.6 Å². The molecule has 4 atom stereocenters. The second kappa shape index (κ2) is 4.39. The van der Waals surface area contributed by atoms with E-state index in [1.54, 1.807) is 0 Å². The summed E-state index contributed by atoms with van der Waals surface area (Å²) in [6.07, 6.45) is -1.30. The Balaban J connectivity index is 1.84. The highest BCUT2D eigenvalue weighted by molar-refractivity contribution is 5.84. The molecule has 0 aromatic carbocycles. The van der Waals surface area contributed by atoms with Crippen LogP contribution >= 0.6 is 0 Å². The lowest BCUT2D eigenvalue weighted by atomic mass is 10.1. The van der Waals surface area contributed by atoms with Crippen LogP contribution in [0.5, 0.6) is 0 Å². The van der Waals surface area contributed by atoms with Crippen LogP contribution in [0.25, 0.3) is 16.8 Å². The number of rotatable bonds is 2. The Hall–Kier alpha value is -2.21. The van der Waals surface area contributed by atoms with E-state index in [1.807, 2.05) is 0 Å². The molecule has 1 fully saturated rings. The predicted molar refractivity (Wildman–Crippen MR) is 64.9 cm³/mol. The number of fused-ring (bicyclic) bond motifs is 3. The molecule has 0 spiro atoms. The van der Waals surface area contributed by atoms with Crippen molar-refractivity contribution < 1.29 is 20.1 Å². The zero-order valence-electron chi connectivity index (χ0n) is 10.6. The van der Waals surface area contributed by atoms with E-state index in [2.05, 4.69) is 25.5 Å². The van der Waals surface area contributed by atoms with Crippen molar-refractivity contribution in [1.29, 1.82) is 0 Å². The molecule has 1 aliphatic heterocycles. The Bertz CT molecular complexity index is 801. The number of hydrogen-bond donors (Lipinski definition) is 3. The van der Waals surface area contributed by atoms with Crippen LogP contribution in [0.2, 0.25) is 0 Å². The third-order valence-corrected chi connectivity index (χ3v) is 3.55. The number of aromatic nitrogens is 7. The van der Waals surface area contributed by atoms with Crippen LogP contribution in [-0.2, 0) is 4.74 Å².